The molecule has 0 spiro atoms. The number of aliphatic carboxylic acids is 1. The fourth-order valence-corrected chi connectivity index (χ4v) is 3.11. The molecule has 1 saturated heterocycles. The smallest absolute Gasteiger partial charge is 0.394 e. The third kappa shape index (κ3) is 4.74. The van der Waals surface area contributed by atoms with Gasteiger partial charge in [-0.3, -0.25) is 4.79 Å². The number of anilines is 1. The van der Waals surface area contributed by atoms with Crippen LogP contribution in [0.2, 0.25) is 0 Å². The molecule has 2 rings (SSSR count). The molecule has 1 aliphatic rings. The van der Waals surface area contributed by atoms with Gasteiger partial charge in [0.2, 0.25) is 0 Å². The Bertz CT molecular complexity index is 656. The second-order valence-corrected chi connectivity index (χ2v) is 6.33. The average Bonchev–Trinajstić information content (AvgIpc) is 2.94. The number of benzene rings is 1. The maximum Gasteiger partial charge on any atom is 0.394 e. The highest BCUT2D eigenvalue weighted by Crippen LogP contribution is 2.38. The molecule has 0 aliphatic carbocycles. The Morgan fingerprint density at radius 2 is 1.88 bits per heavy atom. The molecule has 0 bridgehead atoms. The Morgan fingerprint density at radius 1 is 1.24 bits per heavy atom. The highest BCUT2D eigenvalue weighted by Gasteiger charge is 2.53. The molecule has 0 saturated carbocycles. The third-order valence-corrected chi connectivity index (χ3v) is 4.48. The molecule has 1 aliphatic heterocycles. The van der Waals surface area contributed by atoms with E-state index >= 15 is 0 Å². The van der Waals surface area contributed by atoms with Gasteiger partial charge in [0.1, 0.15) is 0 Å². The second kappa shape index (κ2) is 7.46. The van der Waals surface area contributed by atoms with E-state index in [9.17, 15) is 31.5 Å². The van der Waals surface area contributed by atoms with Gasteiger partial charge in [0.15, 0.2) is 0 Å². The van der Waals surface area contributed by atoms with Crippen LogP contribution >= 0.6 is 11.8 Å². The number of halogens is 5. The van der Waals surface area contributed by atoms with Crippen LogP contribution in [0.15, 0.2) is 29.2 Å². The van der Waals surface area contributed by atoms with Gasteiger partial charge in [-0.1, -0.05) is 23.9 Å². The zero-order valence-electron chi connectivity index (χ0n) is 12.5. The third-order valence-electron chi connectivity index (χ3n) is 3.69. The van der Waals surface area contributed by atoms with Crippen molar-refractivity contribution in [1.29, 1.82) is 0 Å². The monoisotopic (exact) mass is 384 g/mol. The minimum absolute atomic E-state index is 0.0140. The highest BCUT2D eigenvalue weighted by atomic mass is 32.2. The zero-order valence-corrected chi connectivity index (χ0v) is 13.3. The fraction of sp³-hybridized carbons (Fsp3) is 0.429. The fourth-order valence-electron chi connectivity index (χ4n) is 2.51. The number of carboxylic acids is 1. The maximum absolute atomic E-state index is 12.9. The van der Waals surface area contributed by atoms with Gasteiger partial charge in [0.25, 0.3) is 5.76 Å². The van der Waals surface area contributed by atoms with E-state index in [0.717, 1.165) is 4.90 Å². The molecule has 2 amide bonds. The first-order valence-electron chi connectivity index (χ1n) is 6.99. The first-order chi connectivity index (χ1) is 11.6. The predicted octanol–water partition coefficient (Wildman–Crippen LogP) is 3.73. The van der Waals surface area contributed by atoms with E-state index < -0.39 is 48.9 Å². The summed E-state index contributed by atoms with van der Waals surface area (Å²) in [4.78, 5) is 23.9. The SMILES string of the molecule is O=C(O)[C@@H]1CN(C(=O)Nc2ccccc2SC(F)F)C[C@H]1C(F)(F)F. The van der Waals surface area contributed by atoms with Crippen LogP contribution in [0.4, 0.5) is 32.4 Å². The molecule has 138 valence electrons. The first-order valence-corrected chi connectivity index (χ1v) is 7.87. The number of carbonyl (C=O) groups excluding carboxylic acids is 1. The van der Waals surface area contributed by atoms with Crippen LogP contribution < -0.4 is 5.32 Å². The Hall–Kier alpha value is -2.04. The van der Waals surface area contributed by atoms with Gasteiger partial charge in [-0.05, 0) is 12.1 Å². The van der Waals surface area contributed by atoms with Crippen molar-refractivity contribution in [3.63, 3.8) is 0 Å². The van der Waals surface area contributed by atoms with E-state index in [0.29, 0.717) is 0 Å². The van der Waals surface area contributed by atoms with Gasteiger partial charge in [0, 0.05) is 18.0 Å². The van der Waals surface area contributed by atoms with Crippen LogP contribution in [0, 0.1) is 11.8 Å². The summed E-state index contributed by atoms with van der Waals surface area (Å²) >= 11 is 0.179. The minimum Gasteiger partial charge on any atom is -0.481 e. The lowest BCUT2D eigenvalue weighted by atomic mass is 9.96. The molecule has 11 heteroatoms. The van der Waals surface area contributed by atoms with Gasteiger partial charge < -0.3 is 15.3 Å². The molecule has 5 nitrogen and oxygen atoms in total. The number of hydrogen-bond donors (Lipinski definition) is 2. The van der Waals surface area contributed by atoms with E-state index in [1.54, 1.807) is 0 Å². The van der Waals surface area contributed by atoms with Crippen molar-refractivity contribution in [1.82, 2.24) is 4.90 Å². The van der Waals surface area contributed by atoms with Crippen LogP contribution in [0.3, 0.4) is 0 Å². The molecule has 1 fully saturated rings. The number of likely N-dealkylation sites (tertiary alicyclic amines) is 1. The number of nitrogens with zero attached hydrogens (tertiary/aromatic N) is 1. The van der Waals surface area contributed by atoms with Crippen LogP contribution in [0.25, 0.3) is 0 Å². The Morgan fingerprint density at radius 3 is 2.40 bits per heavy atom. The van der Waals surface area contributed by atoms with Crippen LogP contribution in [0.1, 0.15) is 0 Å². The number of hydrogen-bond acceptors (Lipinski definition) is 3. The van der Waals surface area contributed by atoms with E-state index in [4.69, 9.17) is 5.11 Å². The summed E-state index contributed by atoms with van der Waals surface area (Å²) in [6.45, 7) is -1.42. The molecule has 0 unspecified atom stereocenters. The van der Waals surface area contributed by atoms with Gasteiger partial charge in [-0.2, -0.15) is 22.0 Å². The number of amides is 2. The quantitative estimate of drug-likeness (QED) is 0.613. The largest absolute Gasteiger partial charge is 0.481 e. The van der Waals surface area contributed by atoms with E-state index in [1.807, 2.05) is 0 Å². The number of nitrogens with one attached hydrogen (secondary N) is 1. The molecular formula is C14H13F5N2O3S. The van der Waals surface area contributed by atoms with Crippen molar-refractivity contribution >= 4 is 29.4 Å². The molecule has 1 aromatic carbocycles. The number of carbonyl (C=O) groups is 2. The van der Waals surface area contributed by atoms with E-state index in [2.05, 4.69) is 5.32 Å². The molecule has 25 heavy (non-hydrogen) atoms. The van der Waals surface area contributed by atoms with Gasteiger partial charge in [0.05, 0.1) is 17.5 Å². The van der Waals surface area contributed by atoms with Crippen molar-refractivity contribution in [3.8, 4) is 0 Å². The van der Waals surface area contributed by atoms with Crippen LogP contribution in [0.5, 0.6) is 0 Å². The Kier molecular flexibility index (Phi) is 5.76. The van der Waals surface area contributed by atoms with Crippen molar-refractivity contribution in [2.24, 2.45) is 11.8 Å². The topological polar surface area (TPSA) is 69.6 Å². The summed E-state index contributed by atoms with van der Waals surface area (Å²) < 4.78 is 63.8. The molecule has 0 aromatic heterocycles. The van der Waals surface area contributed by atoms with Crippen molar-refractivity contribution in [2.75, 3.05) is 18.4 Å². The van der Waals surface area contributed by atoms with E-state index in [1.165, 1.54) is 24.3 Å². The lowest BCUT2D eigenvalue weighted by Crippen LogP contribution is -2.35. The molecular weight excluding hydrogens is 371 g/mol. The summed E-state index contributed by atoms with van der Waals surface area (Å²) in [6, 6.07) is 4.62. The maximum atomic E-state index is 12.9. The lowest BCUT2D eigenvalue weighted by molar-refractivity contribution is -0.187. The molecule has 2 N–H and O–H groups in total. The Balaban J connectivity index is 2.13. The Labute approximate surface area is 143 Å². The summed E-state index contributed by atoms with van der Waals surface area (Å²) in [7, 11) is 0. The average molecular weight is 384 g/mol. The summed E-state index contributed by atoms with van der Waals surface area (Å²) in [5, 5.41) is 11.2. The summed E-state index contributed by atoms with van der Waals surface area (Å²) in [5.74, 6) is -8.33. The van der Waals surface area contributed by atoms with Gasteiger partial charge >= 0.3 is 18.2 Å². The molecule has 2 atom stereocenters. The van der Waals surface area contributed by atoms with Crippen molar-refractivity contribution < 1.29 is 36.6 Å². The molecule has 1 aromatic rings. The number of para-hydroxylation sites is 1. The lowest BCUT2D eigenvalue weighted by Gasteiger charge is -2.19. The van der Waals surface area contributed by atoms with E-state index in [-0.39, 0.29) is 22.3 Å². The van der Waals surface area contributed by atoms with Gasteiger partial charge in [-0.25, -0.2) is 4.79 Å². The molecule has 0 radical (unpaired) electrons. The summed E-state index contributed by atoms with van der Waals surface area (Å²) in [6.07, 6.45) is -4.76. The molecule has 1 heterocycles. The minimum atomic E-state index is -4.76. The number of thioether (sulfide) groups is 1. The standard InChI is InChI=1S/C14H13F5N2O3S/c15-12(16)25-10-4-2-1-3-9(10)20-13(24)21-5-7(11(22)23)8(6-21)14(17,18)19/h1-4,7-8,12H,5-6H2,(H,20,24)(H,22,23)/t7-,8-/m1/s1. The summed E-state index contributed by atoms with van der Waals surface area (Å²) in [5.41, 5.74) is 0.0140. The number of carboxylic acid groups (broad SMARTS) is 1. The highest BCUT2D eigenvalue weighted by molar-refractivity contribution is 7.99. The normalized spacial score (nSPS) is 20.8. The number of rotatable bonds is 4. The van der Waals surface area contributed by atoms with Crippen LogP contribution in [-0.2, 0) is 4.79 Å². The van der Waals surface area contributed by atoms with Crippen molar-refractivity contribution in [2.45, 2.75) is 16.8 Å². The number of urea groups is 1. The first kappa shape index (κ1) is 19.3. The predicted molar refractivity (Wildman–Crippen MR) is 79.6 cm³/mol. The van der Waals surface area contributed by atoms with Crippen LogP contribution in [-0.4, -0.2) is 47.0 Å². The van der Waals surface area contributed by atoms with Gasteiger partial charge in [-0.15, -0.1) is 0 Å². The zero-order chi connectivity index (χ0) is 18.8. The number of alkyl halides is 5. The van der Waals surface area contributed by atoms with Crippen molar-refractivity contribution in [3.05, 3.63) is 24.3 Å². The second-order valence-electron chi connectivity index (χ2n) is 5.30.